The number of primary amides is 1. The first kappa shape index (κ1) is 21.6. The second-order valence-corrected chi connectivity index (χ2v) is 9.94. The molecule has 2 aliphatic carbocycles. The number of fused-ring (bicyclic) bond motifs is 1. The molecule has 0 radical (unpaired) electrons. The molecule has 1 heterocycles. The second-order valence-electron chi connectivity index (χ2n) is 8.84. The summed E-state index contributed by atoms with van der Waals surface area (Å²) in [4.78, 5) is 37.7. The molecular formula is C22H30N2O4S. The standard InChI is InChI=1S/C22H30N2O4S/c1-4-22(2,3)12-9-10-15-16(11-12)29-20(17(15)18(23)25)24-19(26)13-7-5-6-8-14(13)21(27)28/h5-6,12-14H,4,7-11H2,1-3H3,(H2,23,25)(H,24,26)(H,27,28)/t12-,13-,14-/m1/s1. The minimum absolute atomic E-state index is 0.209. The number of hydrogen-bond acceptors (Lipinski definition) is 4. The molecule has 6 nitrogen and oxygen atoms in total. The summed E-state index contributed by atoms with van der Waals surface area (Å²) < 4.78 is 0. The molecule has 3 atom stereocenters. The van der Waals surface area contributed by atoms with Gasteiger partial charge in [0, 0.05) is 4.88 Å². The molecule has 7 heteroatoms. The van der Waals surface area contributed by atoms with Gasteiger partial charge in [-0.1, -0.05) is 39.3 Å². The number of nitrogens with one attached hydrogen (secondary N) is 1. The van der Waals surface area contributed by atoms with Crippen LogP contribution in [-0.4, -0.2) is 22.9 Å². The lowest BCUT2D eigenvalue weighted by molar-refractivity contribution is -0.146. The Bertz CT molecular complexity index is 855. The summed E-state index contributed by atoms with van der Waals surface area (Å²) in [7, 11) is 0. The van der Waals surface area contributed by atoms with Gasteiger partial charge in [-0.15, -0.1) is 11.3 Å². The van der Waals surface area contributed by atoms with Gasteiger partial charge in [0.15, 0.2) is 0 Å². The topological polar surface area (TPSA) is 109 Å². The van der Waals surface area contributed by atoms with Crippen molar-refractivity contribution >= 4 is 34.1 Å². The number of carbonyl (C=O) groups excluding carboxylic acids is 2. The number of carboxylic acids is 1. The zero-order valence-electron chi connectivity index (χ0n) is 17.3. The van der Waals surface area contributed by atoms with Gasteiger partial charge in [-0.25, -0.2) is 0 Å². The van der Waals surface area contributed by atoms with Crippen molar-refractivity contribution in [1.29, 1.82) is 0 Å². The highest BCUT2D eigenvalue weighted by atomic mass is 32.1. The van der Waals surface area contributed by atoms with Crippen molar-refractivity contribution < 1.29 is 19.5 Å². The highest BCUT2D eigenvalue weighted by Crippen LogP contribution is 2.45. The number of aliphatic carboxylic acids is 1. The summed E-state index contributed by atoms with van der Waals surface area (Å²) in [5, 5.41) is 12.8. The van der Waals surface area contributed by atoms with E-state index in [0.717, 1.165) is 36.1 Å². The smallest absolute Gasteiger partial charge is 0.307 e. The predicted molar refractivity (Wildman–Crippen MR) is 114 cm³/mol. The van der Waals surface area contributed by atoms with Crippen molar-refractivity contribution in [3.05, 3.63) is 28.2 Å². The normalized spacial score (nSPS) is 24.0. The van der Waals surface area contributed by atoms with Gasteiger partial charge in [0.2, 0.25) is 5.91 Å². The van der Waals surface area contributed by atoms with Crippen LogP contribution in [-0.2, 0) is 22.4 Å². The Balaban J connectivity index is 1.87. The van der Waals surface area contributed by atoms with E-state index in [-0.39, 0.29) is 11.3 Å². The monoisotopic (exact) mass is 418 g/mol. The Morgan fingerprint density at radius 1 is 1.24 bits per heavy atom. The molecule has 2 amide bonds. The van der Waals surface area contributed by atoms with E-state index in [4.69, 9.17) is 5.73 Å². The van der Waals surface area contributed by atoms with Crippen LogP contribution in [0.5, 0.6) is 0 Å². The quantitative estimate of drug-likeness (QED) is 0.607. The maximum atomic E-state index is 12.9. The van der Waals surface area contributed by atoms with E-state index >= 15 is 0 Å². The predicted octanol–water partition coefficient (Wildman–Crippen LogP) is 3.99. The molecule has 0 unspecified atom stereocenters. The van der Waals surface area contributed by atoms with E-state index in [0.29, 0.717) is 29.3 Å². The number of hydrogen-bond donors (Lipinski definition) is 3. The highest BCUT2D eigenvalue weighted by Gasteiger charge is 2.37. The fraction of sp³-hybridized carbons (Fsp3) is 0.591. The van der Waals surface area contributed by atoms with E-state index in [1.165, 1.54) is 11.3 Å². The van der Waals surface area contributed by atoms with Gasteiger partial charge in [0.25, 0.3) is 5.91 Å². The summed E-state index contributed by atoms with van der Waals surface area (Å²) >= 11 is 1.42. The molecule has 1 aromatic heterocycles. The molecule has 0 bridgehead atoms. The molecule has 0 saturated heterocycles. The molecule has 29 heavy (non-hydrogen) atoms. The van der Waals surface area contributed by atoms with E-state index < -0.39 is 23.7 Å². The van der Waals surface area contributed by atoms with E-state index in [9.17, 15) is 19.5 Å². The lowest BCUT2D eigenvalue weighted by Crippen LogP contribution is -2.35. The number of amides is 2. The van der Waals surface area contributed by atoms with Gasteiger partial charge in [-0.05, 0) is 49.0 Å². The molecule has 3 rings (SSSR count). The molecule has 0 aromatic carbocycles. The van der Waals surface area contributed by atoms with Crippen LogP contribution in [0.3, 0.4) is 0 Å². The van der Waals surface area contributed by atoms with E-state index in [1.807, 2.05) is 6.08 Å². The Hall–Kier alpha value is -2.15. The van der Waals surface area contributed by atoms with Crippen LogP contribution in [0, 0.1) is 23.2 Å². The molecule has 0 saturated carbocycles. The van der Waals surface area contributed by atoms with Crippen LogP contribution in [0.25, 0.3) is 0 Å². The molecule has 158 valence electrons. The Labute approximate surface area is 175 Å². The van der Waals surface area contributed by atoms with Crippen molar-refractivity contribution in [3.63, 3.8) is 0 Å². The number of nitrogens with two attached hydrogens (primary N) is 1. The molecule has 0 spiro atoms. The van der Waals surface area contributed by atoms with Crippen molar-refractivity contribution in [2.24, 2.45) is 28.9 Å². The summed E-state index contributed by atoms with van der Waals surface area (Å²) in [6.07, 6.45) is 8.09. The zero-order valence-corrected chi connectivity index (χ0v) is 18.1. The van der Waals surface area contributed by atoms with Crippen molar-refractivity contribution in [3.8, 4) is 0 Å². The van der Waals surface area contributed by atoms with Gasteiger partial charge >= 0.3 is 5.97 Å². The SMILES string of the molecule is CCC(C)(C)[C@@H]1CCc2c(sc(NC(=O)[C@@H]3CC=CC[C@H]3C(=O)O)c2C(N)=O)C1. The van der Waals surface area contributed by atoms with Gasteiger partial charge in [-0.3, -0.25) is 14.4 Å². The summed E-state index contributed by atoms with van der Waals surface area (Å²) in [5.41, 5.74) is 7.24. The Morgan fingerprint density at radius 2 is 1.90 bits per heavy atom. The molecule has 0 aliphatic heterocycles. The average Bonchev–Trinajstić information content (AvgIpc) is 3.04. The zero-order chi connectivity index (χ0) is 21.3. The fourth-order valence-corrected chi connectivity index (χ4v) is 5.81. The average molecular weight is 419 g/mol. The Morgan fingerprint density at radius 3 is 2.48 bits per heavy atom. The third kappa shape index (κ3) is 4.25. The maximum absolute atomic E-state index is 12.9. The van der Waals surface area contributed by atoms with E-state index in [1.54, 1.807) is 6.08 Å². The lowest BCUT2D eigenvalue weighted by Gasteiger charge is -2.36. The van der Waals surface area contributed by atoms with Crippen LogP contribution < -0.4 is 11.1 Å². The largest absolute Gasteiger partial charge is 0.481 e. The number of thiophene rings is 1. The molecule has 4 N–H and O–H groups in total. The first-order chi connectivity index (χ1) is 13.7. The number of allylic oxidation sites excluding steroid dienone is 2. The maximum Gasteiger partial charge on any atom is 0.307 e. The number of carboxylic acid groups (broad SMARTS) is 1. The fourth-order valence-electron chi connectivity index (χ4n) is 4.47. The Kier molecular flexibility index (Phi) is 6.17. The minimum Gasteiger partial charge on any atom is -0.481 e. The summed E-state index contributed by atoms with van der Waals surface area (Å²) in [6, 6.07) is 0. The van der Waals surface area contributed by atoms with Gasteiger partial charge in [-0.2, -0.15) is 0 Å². The lowest BCUT2D eigenvalue weighted by atomic mass is 9.69. The van der Waals surface area contributed by atoms with Crippen molar-refractivity contribution in [2.45, 2.75) is 59.3 Å². The second kappa shape index (κ2) is 8.30. The summed E-state index contributed by atoms with van der Waals surface area (Å²) in [5.74, 6) is -2.74. The van der Waals surface area contributed by atoms with Crippen molar-refractivity contribution in [1.82, 2.24) is 0 Å². The minimum atomic E-state index is -0.972. The van der Waals surface area contributed by atoms with Gasteiger partial charge in [0.1, 0.15) is 5.00 Å². The van der Waals surface area contributed by atoms with Crippen LogP contribution in [0.4, 0.5) is 5.00 Å². The number of anilines is 1. The van der Waals surface area contributed by atoms with Crippen LogP contribution >= 0.6 is 11.3 Å². The van der Waals surface area contributed by atoms with Crippen LogP contribution in [0.2, 0.25) is 0 Å². The van der Waals surface area contributed by atoms with Gasteiger partial charge < -0.3 is 16.2 Å². The highest BCUT2D eigenvalue weighted by molar-refractivity contribution is 7.17. The van der Waals surface area contributed by atoms with Crippen LogP contribution in [0.1, 0.15) is 67.3 Å². The number of rotatable bonds is 6. The third-order valence-electron chi connectivity index (χ3n) is 6.85. The van der Waals surface area contributed by atoms with E-state index in [2.05, 4.69) is 26.1 Å². The first-order valence-corrected chi connectivity index (χ1v) is 11.1. The van der Waals surface area contributed by atoms with Gasteiger partial charge in [0.05, 0.1) is 17.4 Å². The first-order valence-electron chi connectivity index (χ1n) is 10.3. The number of carbonyl (C=O) groups is 3. The molecule has 2 aliphatic rings. The summed E-state index contributed by atoms with van der Waals surface area (Å²) in [6.45, 7) is 6.75. The molecular weight excluding hydrogens is 388 g/mol. The van der Waals surface area contributed by atoms with Crippen LogP contribution in [0.15, 0.2) is 12.2 Å². The molecule has 1 aromatic rings. The third-order valence-corrected chi connectivity index (χ3v) is 8.02. The van der Waals surface area contributed by atoms with Crippen molar-refractivity contribution in [2.75, 3.05) is 5.32 Å². The molecule has 0 fully saturated rings.